The largest absolute Gasteiger partial charge is 0.464 e. The van der Waals surface area contributed by atoms with E-state index in [9.17, 15) is 4.79 Å². The molecule has 0 aromatic carbocycles. The van der Waals surface area contributed by atoms with E-state index in [1.54, 1.807) is 17.6 Å². The number of amides is 1. The van der Waals surface area contributed by atoms with Crippen molar-refractivity contribution in [1.82, 2.24) is 4.90 Å². The third-order valence-corrected chi connectivity index (χ3v) is 5.03. The molecule has 1 aromatic heterocycles. The standard InChI is InChI=1S/C14H17NO2S/c1-9-10(2)18-14-11(6-8-17-13(9)14)15-7-4-3-5-12(15)16/h6,8,11H,3-5,7H2,1-2H3. The van der Waals surface area contributed by atoms with Gasteiger partial charge in [0, 0.05) is 23.4 Å². The smallest absolute Gasteiger partial charge is 0.223 e. The van der Waals surface area contributed by atoms with Crippen LogP contribution in [-0.4, -0.2) is 17.4 Å². The van der Waals surface area contributed by atoms with Crippen LogP contribution in [0.3, 0.4) is 0 Å². The maximum absolute atomic E-state index is 12.1. The Morgan fingerprint density at radius 2 is 2.22 bits per heavy atom. The number of hydrogen-bond donors (Lipinski definition) is 0. The van der Waals surface area contributed by atoms with Gasteiger partial charge in [0.15, 0.2) is 0 Å². The molecule has 3 heterocycles. The van der Waals surface area contributed by atoms with Crippen LogP contribution in [-0.2, 0) is 4.79 Å². The van der Waals surface area contributed by atoms with Crippen molar-refractivity contribution in [2.24, 2.45) is 0 Å². The summed E-state index contributed by atoms with van der Waals surface area (Å²) in [5, 5.41) is 0. The molecule has 0 aliphatic carbocycles. The van der Waals surface area contributed by atoms with Gasteiger partial charge in [-0.25, -0.2) is 0 Å². The number of hydrogen-bond acceptors (Lipinski definition) is 3. The van der Waals surface area contributed by atoms with Crippen LogP contribution in [0, 0.1) is 13.8 Å². The number of likely N-dealkylation sites (tertiary alicyclic amines) is 1. The van der Waals surface area contributed by atoms with Gasteiger partial charge >= 0.3 is 0 Å². The molecule has 4 heteroatoms. The molecule has 1 amide bonds. The van der Waals surface area contributed by atoms with Crippen LogP contribution in [0.4, 0.5) is 0 Å². The minimum Gasteiger partial charge on any atom is -0.464 e. The van der Waals surface area contributed by atoms with Crippen LogP contribution in [0.25, 0.3) is 0 Å². The Balaban J connectivity index is 1.98. The molecule has 0 N–H and O–H groups in total. The van der Waals surface area contributed by atoms with Crippen LogP contribution in [0.5, 0.6) is 5.75 Å². The average Bonchev–Trinajstić information content (AvgIpc) is 2.67. The van der Waals surface area contributed by atoms with Gasteiger partial charge in [-0.3, -0.25) is 4.79 Å². The summed E-state index contributed by atoms with van der Waals surface area (Å²) >= 11 is 1.75. The molecule has 2 aliphatic rings. The van der Waals surface area contributed by atoms with Gasteiger partial charge < -0.3 is 9.64 Å². The Bertz CT molecular complexity index is 518. The van der Waals surface area contributed by atoms with Gasteiger partial charge in [0.05, 0.1) is 17.2 Å². The number of rotatable bonds is 1. The van der Waals surface area contributed by atoms with Crippen molar-refractivity contribution < 1.29 is 9.53 Å². The summed E-state index contributed by atoms with van der Waals surface area (Å²) in [5.74, 6) is 1.23. The zero-order valence-corrected chi connectivity index (χ0v) is 11.5. The lowest BCUT2D eigenvalue weighted by Crippen LogP contribution is -2.38. The molecule has 2 aliphatic heterocycles. The fraction of sp³-hybridized carbons (Fsp3) is 0.500. The summed E-state index contributed by atoms with van der Waals surface area (Å²) < 4.78 is 5.62. The molecule has 0 spiro atoms. The maximum Gasteiger partial charge on any atom is 0.223 e. The third-order valence-electron chi connectivity index (χ3n) is 3.77. The van der Waals surface area contributed by atoms with E-state index >= 15 is 0 Å². The zero-order chi connectivity index (χ0) is 12.7. The van der Waals surface area contributed by atoms with Gasteiger partial charge in [-0.05, 0) is 32.8 Å². The van der Waals surface area contributed by atoms with Crippen LogP contribution in [0.2, 0.25) is 0 Å². The SMILES string of the molecule is Cc1sc2c(c1C)OC=CC2N1CCCCC1=O. The first-order valence-electron chi connectivity index (χ1n) is 6.41. The molecule has 0 radical (unpaired) electrons. The maximum atomic E-state index is 12.1. The van der Waals surface area contributed by atoms with Crippen molar-refractivity contribution in [2.75, 3.05) is 6.54 Å². The number of nitrogens with zero attached hydrogens (tertiary/aromatic N) is 1. The summed E-state index contributed by atoms with van der Waals surface area (Å²) in [6.45, 7) is 5.05. The van der Waals surface area contributed by atoms with E-state index in [4.69, 9.17) is 4.74 Å². The highest BCUT2D eigenvalue weighted by atomic mass is 32.1. The monoisotopic (exact) mass is 263 g/mol. The highest BCUT2D eigenvalue weighted by molar-refractivity contribution is 7.12. The van der Waals surface area contributed by atoms with Crippen molar-refractivity contribution >= 4 is 17.2 Å². The first kappa shape index (κ1) is 11.8. The molecule has 1 saturated heterocycles. The normalized spacial score (nSPS) is 22.9. The lowest BCUT2D eigenvalue weighted by molar-refractivity contribution is -0.134. The molecule has 1 fully saturated rings. The van der Waals surface area contributed by atoms with Crippen molar-refractivity contribution in [3.63, 3.8) is 0 Å². The molecule has 18 heavy (non-hydrogen) atoms. The number of piperidine rings is 1. The van der Waals surface area contributed by atoms with Gasteiger partial charge in [-0.15, -0.1) is 11.3 Å². The molecule has 96 valence electrons. The molecular formula is C14H17NO2S. The Labute approximate surface area is 111 Å². The minimum atomic E-state index is 0.0824. The number of carbonyl (C=O) groups is 1. The van der Waals surface area contributed by atoms with Crippen LogP contribution >= 0.6 is 11.3 Å². The van der Waals surface area contributed by atoms with Crippen molar-refractivity contribution in [1.29, 1.82) is 0 Å². The topological polar surface area (TPSA) is 29.5 Å². The lowest BCUT2D eigenvalue weighted by Gasteiger charge is -2.34. The van der Waals surface area contributed by atoms with Gasteiger partial charge in [-0.2, -0.15) is 0 Å². The number of thiophene rings is 1. The van der Waals surface area contributed by atoms with Gasteiger partial charge in [0.1, 0.15) is 5.75 Å². The Morgan fingerprint density at radius 1 is 1.39 bits per heavy atom. The summed E-state index contributed by atoms with van der Waals surface area (Å²) in [4.78, 5) is 16.5. The summed E-state index contributed by atoms with van der Waals surface area (Å²) in [7, 11) is 0. The first-order valence-corrected chi connectivity index (χ1v) is 7.23. The van der Waals surface area contributed by atoms with Crippen molar-refractivity contribution in [3.05, 3.63) is 27.7 Å². The lowest BCUT2D eigenvalue weighted by atomic mass is 10.0. The molecule has 0 saturated carbocycles. The summed E-state index contributed by atoms with van der Waals surface area (Å²) in [6.07, 6.45) is 6.55. The van der Waals surface area contributed by atoms with Crippen molar-refractivity contribution in [2.45, 2.75) is 39.2 Å². The molecule has 3 rings (SSSR count). The van der Waals surface area contributed by atoms with Crippen LogP contribution in [0.1, 0.15) is 40.6 Å². The second-order valence-electron chi connectivity index (χ2n) is 4.91. The highest BCUT2D eigenvalue weighted by Gasteiger charge is 2.31. The Kier molecular flexibility index (Phi) is 2.90. The molecule has 3 nitrogen and oxygen atoms in total. The second-order valence-corrected chi connectivity index (χ2v) is 6.17. The fourth-order valence-corrected chi connectivity index (χ4v) is 3.81. The van der Waals surface area contributed by atoms with Crippen molar-refractivity contribution in [3.8, 4) is 5.75 Å². The molecule has 1 atom stereocenters. The number of ether oxygens (including phenoxy) is 1. The zero-order valence-electron chi connectivity index (χ0n) is 10.7. The van der Waals surface area contributed by atoms with E-state index in [0.717, 1.165) is 25.1 Å². The number of fused-ring (bicyclic) bond motifs is 1. The number of aryl methyl sites for hydroxylation is 1. The Morgan fingerprint density at radius 3 is 3.00 bits per heavy atom. The third kappa shape index (κ3) is 1.75. The van der Waals surface area contributed by atoms with Crippen LogP contribution < -0.4 is 4.74 Å². The van der Waals surface area contributed by atoms with Crippen LogP contribution in [0.15, 0.2) is 12.3 Å². The summed E-state index contributed by atoms with van der Waals surface area (Å²) in [6, 6.07) is 0.0824. The minimum absolute atomic E-state index is 0.0824. The van der Waals surface area contributed by atoms with E-state index in [1.165, 1.54) is 15.3 Å². The van der Waals surface area contributed by atoms with E-state index in [-0.39, 0.29) is 11.9 Å². The van der Waals surface area contributed by atoms with E-state index in [2.05, 4.69) is 13.8 Å². The Hall–Kier alpha value is -1.29. The van der Waals surface area contributed by atoms with Gasteiger partial charge in [0.2, 0.25) is 5.91 Å². The molecular weight excluding hydrogens is 246 g/mol. The summed E-state index contributed by atoms with van der Waals surface area (Å²) in [5.41, 5.74) is 1.20. The molecule has 0 bridgehead atoms. The second kappa shape index (κ2) is 4.43. The molecule has 1 unspecified atom stereocenters. The average molecular weight is 263 g/mol. The van der Waals surface area contributed by atoms with E-state index in [0.29, 0.717) is 6.42 Å². The highest BCUT2D eigenvalue weighted by Crippen LogP contribution is 2.44. The molecule has 1 aromatic rings. The van der Waals surface area contributed by atoms with E-state index < -0.39 is 0 Å². The van der Waals surface area contributed by atoms with Gasteiger partial charge in [0.25, 0.3) is 0 Å². The number of carbonyl (C=O) groups excluding carboxylic acids is 1. The van der Waals surface area contributed by atoms with E-state index in [1.807, 2.05) is 11.0 Å². The fourth-order valence-electron chi connectivity index (χ4n) is 2.61. The first-order chi connectivity index (χ1) is 8.68. The predicted molar refractivity (Wildman–Crippen MR) is 71.9 cm³/mol. The quantitative estimate of drug-likeness (QED) is 0.778. The van der Waals surface area contributed by atoms with Gasteiger partial charge in [-0.1, -0.05) is 0 Å². The predicted octanol–water partition coefficient (Wildman–Crippen LogP) is 3.32.